The standard InChI is InChI=1S/C28H24N2O3S/c1-18(2)20-13-10-19(11-14-20)12-15-26(31)30-28(34)29-23-8-5-7-21(16-23)24-17-22-6-3-4-9-25(22)33-27(24)32/h3-18H,1-2H3,(H2,29,30,31,34)/b15-12+. The monoisotopic (exact) mass is 468 g/mol. The first kappa shape index (κ1) is 23.1. The Labute approximate surface area is 203 Å². The first-order valence-electron chi connectivity index (χ1n) is 10.9. The van der Waals surface area contributed by atoms with E-state index in [9.17, 15) is 9.59 Å². The molecule has 0 aliphatic heterocycles. The van der Waals surface area contributed by atoms with Gasteiger partial charge < -0.3 is 9.73 Å². The Morgan fingerprint density at radius 1 is 0.971 bits per heavy atom. The number of carbonyl (C=O) groups excluding carboxylic acids is 1. The Morgan fingerprint density at radius 2 is 1.74 bits per heavy atom. The molecule has 5 nitrogen and oxygen atoms in total. The highest BCUT2D eigenvalue weighted by atomic mass is 32.1. The molecule has 3 aromatic carbocycles. The topological polar surface area (TPSA) is 71.3 Å². The quantitative estimate of drug-likeness (QED) is 0.210. The number of fused-ring (bicyclic) bond motifs is 1. The zero-order chi connectivity index (χ0) is 24.1. The van der Waals surface area contributed by atoms with Gasteiger partial charge in [0.25, 0.3) is 0 Å². The smallest absolute Gasteiger partial charge is 0.344 e. The molecule has 0 atom stereocenters. The van der Waals surface area contributed by atoms with Gasteiger partial charge in [-0.1, -0.05) is 68.4 Å². The fraction of sp³-hybridized carbons (Fsp3) is 0.107. The SMILES string of the molecule is CC(C)c1ccc(/C=C/C(=O)NC(=S)Nc2cccc(-c3cc4ccccc4oc3=O)c2)cc1. The Balaban J connectivity index is 1.42. The molecular weight excluding hydrogens is 444 g/mol. The van der Waals surface area contributed by atoms with Crippen molar-refractivity contribution in [3.63, 3.8) is 0 Å². The summed E-state index contributed by atoms with van der Waals surface area (Å²) in [5.74, 6) is 0.121. The van der Waals surface area contributed by atoms with Crippen LogP contribution in [0.25, 0.3) is 28.2 Å². The predicted octanol–water partition coefficient (Wildman–Crippen LogP) is 6.11. The summed E-state index contributed by atoms with van der Waals surface area (Å²) >= 11 is 5.28. The van der Waals surface area contributed by atoms with Gasteiger partial charge in [-0.05, 0) is 65.2 Å². The maximum absolute atomic E-state index is 12.5. The van der Waals surface area contributed by atoms with Crippen molar-refractivity contribution in [2.45, 2.75) is 19.8 Å². The molecule has 1 amide bonds. The van der Waals surface area contributed by atoms with E-state index in [0.29, 0.717) is 28.3 Å². The molecule has 0 fully saturated rings. The summed E-state index contributed by atoms with van der Waals surface area (Å²) in [5, 5.41) is 6.62. The number of hydrogen-bond acceptors (Lipinski definition) is 4. The van der Waals surface area contributed by atoms with Gasteiger partial charge in [0.2, 0.25) is 5.91 Å². The summed E-state index contributed by atoms with van der Waals surface area (Å²) in [6.07, 6.45) is 3.18. The summed E-state index contributed by atoms with van der Waals surface area (Å²) in [5.41, 5.74) is 4.07. The first-order valence-corrected chi connectivity index (χ1v) is 11.3. The summed E-state index contributed by atoms with van der Waals surface area (Å²) in [4.78, 5) is 24.7. The van der Waals surface area contributed by atoms with Crippen LogP contribution in [0.2, 0.25) is 0 Å². The summed E-state index contributed by atoms with van der Waals surface area (Å²) in [6.45, 7) is 4.28. The zero-order valence-electron chi connectivity index (χ0n) is 18.9. The number of carbonyl (C=O) groups is 1. The minimum absolute atomic E-state index is 0.160. The number of amides is 1. The lowest BCUT2D eigenvalue weighted by atomic mass is 10.0. The average Bonchev–Trinajstić information content (AvgIpc) is 2.82. The molecule has 0 saturated carbocycles. The minimum Gasteiger partial charge on any atom is -0.422 e. The lowest BCUT2D eigenvalue weighted by molar-refractivity contribution is -0.115. The molecule has 0 aliphatic rings. The van der Waals surface area contributed by atoms with Gasteiger partial charge in [-0.25, -0.2) is 4.79 Å². The van der Waals surface area contributed by atoms with Crippen molar-refractivity contribution < 1.29 is 9.21 Å². The normalized spacial score (nSPS) is 11.1. The van der Waals surface area contributed by atoms with E-state index in [1.54, 1.807) is 36.4 Å². The fourth-order valence-electron chi connectivity index (χ4n) is 3.51. The summed E-state index contributed by atoms with van der Waals surface area (Å²) in [6, 6.07) is 24.4. The van der Waals surface area contributed by atoms with Crippen LogP contribution in [0, 0.1) is 0 Å². The van der Waals surface area contributed by atoms with E-state index in [0.717, 1.165) is 10.9 Å². The van der Waals surface area contributed by atoms with Crippen LogP contribution < -0.4 is 16.3 Å². The molecule has 4 rings (SSSR count). The summed E-state index contributed by atoms with van der Waals surface area (Å²) < 4.78 is 5.44. The van der Waals surface area contributed by atoms with Crippen molar-refractivity contribution in [2.75, 3.05) is 5.32 Å². The van der Waals surface area contributed by atoms with Crippen molar-refractivity contribution in [2.24, 2.45) is 0 Å². The van der Waals surface area contributed by atoms with Crippen LogP contribution in [0.4, 0.5) is 5.69 Å². The van der Waals surface area contributed by atoms with Gasteiger partial charge >= 0.3 is 5.63 Å². The van der Waals surface area contributed by atoms with Gasteiger partial charge in [0.1, 0.15) is 5.58 Å². The van der Waals surface area contributed by atoms with Crippen molar-refractivity contribution in [3.05, 3.63) is 106 Å². The van der Waals surface area contributed by atoms with E-state index < -0.39 is 5.63 Å². The summed E-state index contributed by atoms with van der Waals surface area (Å²) in [7, 11) is 0. The molecule has 6 heteroatoms. The Hall–Kier alpha value is -4.03. The van der Waals surface area contributed by atoms with Gasteiger partial charge in [-0.15, -0.1) is 0 Å². The second-order valence-electron chi connectivity index (χ2n) is 8.16. The van der Waals surface area contributed by atoms with Crippen molar-refractivity contribution in [1.29, 1.82) is 0 Å². The molecule has 1 heterocycles. The fourth-order valence-corrected chi connectivity index (χ4v) is 3.73. The van der Waals surface area contributed by atoms with Gasteiger partial charge in [-0.2, -0.15) is 0 Å². The van der Waals surface area contributed by atoms with Crippen LogP contribution in [0.15, 0.2) is 94.2 Å². The van der Waals surface area contributed by atoms with E-state index >= 15 is 0 Å². The molecule has 0 spiro atoms. The highest BCUT2D eigenvalue weighted by Gasteiger charge is 2.09. The van der Waals surface area contributed by atoms with Crippen LogP contribution in [0.5, 0.6) is 0 Å². The number of nitrogens with one attached hydrogen (secondary N) is 2. The molecule has 0 unspecified atom stereocenters. The van der Waals surface area contributed by atoms with Crippen molar-refractivity contribution in [3.8, 4) is 11.1 Å². The third-order valence-corrected chi connectivity index (χ3v) is 5.54. The number of para-hydroxylation sites is 1. The molecule has 2 N–H and O–H groups in total. The van der Waals surface area contributed by atoms with Crippen LogP contribution in [-0.2, 0) is 4.79 Å². The van der Waals surface area contributed by atoms with Crippen molar-refractivity contribution >= 4 is 46.0 Å². The molecule has 0 radical (unpaired) electrons. The highest BCUT2D eigenvalue weighted by Crippen LogP contribution is 2.23. The third-order valence-electron chi connectivity index (χ3n) is 5.34. The van der Waals surface area contributed by atoms with Crippen LogP contribution >= 0.6 is 12.2 Å². The van der Waals surface area contributed by atoms with Crippen LogP contribution in [-0.4, -0.2) is 11.0 Å². The molecule has 34 heavy (non-hydrogen) atoms. The van der Waals surface area contributed by atoms with Gasteiger partial charge in [0.15, 0.2) is 5.11 Å². The maximum Gasteiger partial charge on any atom is 0.344 e. The van der Waals surface area contributed by atoms with Crippen LogP contribution in [0.3, 0.4) is 0 Å². The van der Waals surface area contributed by atoms with Gasteiger partial charge in [0, 0.05) is 17.1 Å². The van der Waals surface area contributed by atoms with Crippen molar-refractivity contribution in [1.82, 2.24) is 5.32 Å². The minimum atomic E-state index is -0.418. The maximum atomic E-state index is 12.5. The average molecular weight is 469 g/mol. The number of hydrogen-bond donors (Lipinski definition) is 2. The number of rotatable bonds is 5. The molecule has 1 aromatic heterocycles. The Morgan fingerprint density at radius 3 is 2.50 bits per heavy atom. The molecule has 0 aliphatic carbocycles. The predicted molar refractivity (Wildman–Crippen MR) is 142 cm³/mol. The Kier molecular flexibility index (Phi) is 6.99. The first-order chi connectivity index (χ1) is 16.4. The highest BCUT2D eigenvalue weighted by molar-refractivity contribution is 7.80. The molecule has 0 saturated heterocycles. The second-order valence-corrected chi connectivity index (χ2v) is 8.57. The zero-order valence-corrected chi connectivity index (χ0v) is 19.7. The third kappa shape index (κ3) is 5.66. The molecule has 0 bridgehead atoms. The lowest BCUT2D eigenvalue weighted by Gasteiger charge is -2.10. The van der Waals surface area contributed by atoms with Crippen LogP contribution in [0.1, 0.15) is 30.9 Å². The molecule has 4 aromatic rings. The number of anilines is 1. The largest absolute Gasteiger partial charge is 0.422 e. The number of thiocarbonyl (C=S) groups is 1. The van der Waals surface area contributed by atoms with E-state index in [1.165, 1.54) is 11.6 Å². The molecular formula is C28H24N2O3S. The van der Waals surface area contributed by atoms with Gasteiger partial charge in [-0.3, -0.25) is 10.1 Å². The molecule has 170 valence electrons. The van der Waals surface area contributed by atoms with E-state index in [-0.39, 0.29) is 11.0 Å². The van der Waals surface area contributed by atoms with E-state index in [1.807, 2.05) is 36.4 Å². The van der Waals surface area contributed by atoms with E-state index in [2.05, 4.69) is 36.6 Å². The number of benzene rings is 3. The van der Waals surface area contributed by atoms with Gasteiger partial charge in [0.05, 0.1) is 5.56 Å². The lowest BCUT2D eigenvalue weighted by Crippen LogP contribution is -2.32. The Bertz CT molecular complexity index is 1440. The van der Waals surface area contributed by atoms with E-state index in [4.69, 9.17) is 16.6 Å². The second kappa shape index (κ2) is 10.3.